The summed E-state index contributed by atoms with van der Waals surface area (Å²) in [4.78, 5) is 2.41. The average molecular weight is 186 g/mol. The smallest absolute Gasteiger partial charge is 0.00355 e. The highest BCUT2D eigenvalue weighted by atomic mass is 15.1. The number of nitrogens with one attached hydrogen (secondary N) is 1. The lowest BCUT2D eigenvalue weighted by Crippen LogP contribution is -2.27. The van der Waals surface area contributed by atoms with Gasteiger partial charge in [0.25, 0.3) is 0 Å². The third-order valence-corrected chi connectivity index (χ3v) is 2.57. The van der Waals surface area contributed by atoms with Gasteiger partial charge < -0.3 is 10.2 Å². The van der Waals surface area contributed by atoms with Crippen LogP contribution >= 0.6 is 0 Å². The molecule has 0 saturated heterocycles. The Hall–Kier alpha value is -0.0800. The van der Waals surface area contributed by atoms with Gasteiger partial charge in [0.1, 0.15) is 0 Å². The molecule has 0 unspecified atom stereocenters. The maximum Gasteiger partial charge on any atom is 0.00355 e. The predicted octanol–water partition coefficient (Wildman–Crippen LogP) is 2.11. The first-order chi connectivity index (χ1) is 6.18. The molecule has 0 fully saturated rings. The van der Waals surface area contributed by atoms with Crippen LogP contribution in [-0.4, -0.2) is 38.1 Å². The van der Waals surface area contributed by atoms with E-state index in [0.717, 1.165) is 0 Å². The molecular formula is C11H26N2. The average Bonchev–Trinajstić information content (AvgIpc) is 2.10. The number of rotatable bonds is 8. The van der Waals surface area contributed by atoms with Gasteiger partial charge >= 0.3 is 0 Å². The van der Waals surface area contributed by atoms with E-state index in [1.807, 2.05) is 7.05 Å². The Morgan fingerprint density at radius 3 is 2.23 bits per heavy atom. The summed E-state index contributed by atoms with van der Waals surface area (Å²) in [5.41, 5.74) is 0. The van der Waals surface area contributed by atoms with Gasteiger partial charge in [0, 0.05) is 6.04 Å². The fourth-order valence-electron chi connectivity index (χ4n) is 1.27. The van der Waals surface area contributed by atoms with Crippen LogP contribution < -0.4 is 5.32 Å². The Kier molecular flexibility index (Phi) is 8.46. The largest absolute Gasteiger partial charge is 0.320 e. The van der Waals surface area contributed by atoms with E-state index in [1.165, 1.54) is 38.8 Å². The first-order valence-corrected chi connectivity index (χ1v) is 5.53. The molecule has 0 heterocycles. The maximum absolute atomic E-state index is 3.18. The molecule has 0 radical (unpaired) electrons. The van der Waals surface area contributed by atoms with Crippen LogP contribution in [0.25, 0.3) is 0 Å². The molecule has 0 amide bonds. The van der Waals surface area contributed by atoms with Gasteiger partial charge in [-0.2, -0.15) is 0 Å². The van der Waals surface area contributed by atoms with Gasteiger partial charge in [-0.1, -0.05) is 12.8 Å². The second-order valence-corrected chi connectivity index (χ2v) is 4.09. The molecule has 0 atom stereocenters. The normalized spacial score (nSPS) is 11.5. The SMILES string of the molecule is CNCCCCCCN(C)C(C)C. The molecule has 0 aliphatic carbocycles. The van der Waals surface area contributed by atoms with Crippen molar-refractivity contribution in [3.8, 4) is 0 Å². The van der Waals surface area contributed by atoms with Crippen molar-refractivity contribution in [2.75, 3.05) is 27.2 Å². The van der Waals surface area contributed by atoms with E-state index < -0.39 is 0 Å². The minimum absolute atomic E-state index is 0.692. The van der Waals surface area contributed by atoms with Crippen LogP contribution in [0.2, 0.25) is 0 Å². The van der Waals surface area contributed by atoms with Gasteiger partial charge in [-0.15, -0.1) is 0 Å². The van der Waals surface area contributed by atoms with Gasteiger partial charge in [-0.25, -0.2) is 0 Å². The van der Waals surface area contributed by atoms with Crippen molar-refractivity contribution in [1.82, 2.24) is 10.2 Å². The summed E-state index contributed by atoms with van der Waals surface area (Å²) in [6, 6.07) is 0.692. The Labute approximate surface area is 83.7 Å². The van der Waals surface area contributed by atoms with Crippen LogP contribution in [0.1, 0.15) is 39.5 Å². The highest BCUT2D eigenvalue weighted by Gasteiger charge is 2.01. The second-order valence-electron chi connectivity index (χ2n) is 4.09. The summed E-state index contributed by atoms with van der Waals surface area (Å²) in [7, 11) is 4.23. The lowest BCUT2D eigenvalue weighted by atomic mass is 10.2. The topological polar surface area (TPSA) is 15.3 Å². The third kappa shape index (κ3) is 8.26. The van der Waals surface area contributed by atoms with Gasteiger partial charge in [0.15, 0.2) is 0 Å². The molecule has 0 aromatic carbocycles. The Morgan fingerprint density at radius 2 is 1.69 bits per heavy atom. The van der Waals surface area contributed by atoms with Crippen molar-refractivity contribution in [2.45, 2.75) is 45.6 Å². The van der Waals surface area contributed by atoms with Gasteiger partial charge in [-0.05, 0) is 53.9 Å². The zero-order valence-electron chi connectivity index (χ0n) is 9.77. The summed E-state index contributed by atoms with van der Waals surface area (Å²) < 4.78 is 0. The van der Waals surface area contributed by atoms with Gasteiger partial charge in [-0.3, -0.25) is 0 Å². The van der Waals surface area contributed by atoms with Crippen molar-refractivity contribution in [2.24, 2.45) is 0 Å². The molecule has 0 spiro atoms. The highest BCUT2D eigenvalue weighted by Crippen LogP contribution is 2.02. The van der Waals surface area contributed by atoms with Crippen molar-refractivity contribution < 1.29 is 0 Å². The Bertz CT molecular complexity index is 102. The van der Waals surface area contributed by atoms with E-state index in [-0.39, 0.29) is 0 Å². The van der Waals surface area contributed by atoms with E-state index >= 15 is 0 Å². The van der Waals surface area contributed by atoms with E-state index in [9.17, 15) is 0 Å². The summed E-state index contributed by atoms with van der Waals surface area (Å²) in [6.45, 7) is 6.92. The molecule has 1 N–H and O–H groups in total. The molecule has 0 saturated carbocycles. The fourth-order valence-corrected chi connectivity index (χ4v) is 1.27. The standard InChI is InChI=1S/C11H26N2/c1-11(2)13(4)10-8-6-5-7-9-12-3/h11-12H,5-10H2,1-4H3. The van der Waals surface area contributed by atoms with Crippen LogP contribution in [0.15, 0.2) is 0 Å². The van der Waals surface area contributed by atoms with E-state index in [0.29, 0.717) is 6.04 Å². The summed E-state index contributed by atoms with van der Waals surface area (Å²) >= 11 is 0. The first-order valence-electron chi connectivity index (χ1n) is 5.53. The van der Waals surface area contributed by atoms with Crippen LogP contribution in [-0.2, 0) is 0 Å². The molecule has 0 rings (SSSR count). The number of nitrogens with zero attached hydrogens (tertiary/aromatic N) is 1. The minimum atomic E-state index is 0.692. The molecular weight excluding hydrogens is 160 g/mol. The second kappa shape index (κ2) is 8.52. The third-order valence-electron chi connectivity index (χ3n) is 2.57. The van der Waals surface area contributed by atoms with Crippen LogP contribution in [0.5, 0.6) is 0 Å². The summed E-state index contributed by atoms with van der Waals surface area (Å²) in [5, 5.41) is 3.18. The van der Waals surface area contributed by atoms with Gasteiger partial charge in [0.05, 0.1) is 0 Å². The van der Waals surface area contributed by atoms with Crippen molar-refractivity contribution in [3.63, 3.8) is 0 Å². The Morgan fingerprint density at radius 1 is 1.08 bits per heavy atom. The molecule has 2 nitrogen and oxygen atoms in total. The highest BCUT2D eigenvalue weighted by molar-refractivity contribution is 4.56. The van der Waals surface area contributed by atoms with Crippen LogP contribution in [0.3, 0.4) is 0 Å². The lowest BCUT2D eigenvalue weighted by Gasteiger charge is -2.20. The number of unbranched alkanes of at least 4 members (excludes halogenated alkanes) is 3. The van der Waals surface area contributed by atoms with E-state index in [4.69, 9.17) is 0 Å². The molecule has 2 heteroatoms. The van der Waals surface area contributed by atoms with E-state index in [1.54, 1.807) is 0 Å². The molecule has 0 aromatic heterocycles. The van der Waals surface area contributed by atoms with E-state index in [2.05, 4.69) is 31.1 Å². The van der Waals surface area contributed by atoms with Crippen LogP contribution in [0.4, 0.5) is 0 Å². The molecule has 0 aliphatic rings. The maximum atomic E-state index is 3.18. The first kappa shape index (κ1) is 12.9. The lowest BCUT2D eigenvalue weighted by molar-refractivity contribution is 0.267. The van der Waals surface area contributed by atoms with Crippen molar-refractivity contribution in [3.05, 3.63) is 0 Å². The number of hydrogen-bond acceptors (Lipinski definition) is 2. The quantitative estimate of drug-likeness (QED) is 0.584. The molecule has 0 aliphatic heterocycles. The van der Waals surface area contributed by atoms with Crippen molar-refractivity contribution in [1.29, 1.82) is 0 Å². The minimum Gasteiger partial charge on any atom is -0.320 e. The van der Waals surface area contributed by atoms with Crippen LogP contribution in [0, 0.1) is 0 Å². The fraction of sp³-hybridized carbons (Fsp3) is 1.00. The summed E-state index contributed by atoms with van der Waals surface area (Å²) in [6.07, 6.45) is 5.41. The zero-order chi connectivity index (χ0) is 10.1. The molecule has 0 bridgehead atoms. The number of hydrogen-bond donors (Lipinski definition) is 1. The Balaban J connectivity index is 3.07. The molecule has 0 aromatic rings. The predicted molar refractivity (Wildman–Crippen MR) is 60.2 cm³/mol. The van der Waals surface area contributed by atoms with Crippen molar-refractivity contribution >= 4 is 0 Å². The summed E-state index contributed by atoms with van der Waals surface area (Å²) in [5.74, 6) is 0. The monoisotopic (exact) mass is 186 g/mol. The zero-order valence-corrected chi connectivity index (χ0v) is 9.77. The molecule has 80 valence electrons. The van der Waals surface area contributed by atoms with Gasteiger partial charge in [0.2, 0.25) is 0 Å². The molecule has 13 heavy (non-hydrogen) atoms.